The molecule has 0 saturated heterocycles. The zero-order valence-electron chi connectivity index (χ0n) is 13.5. The number of benzene rings is 1. The molecule has 1 atom stereocenters. The van der Waals surface area contributed by atoms with Crippen LogP contribution in [0.25, 0.3) is 10.2 Å². The van der Waals surface area contributed by atoms with Gasteiger partial charge < -0.3 is 4.98 Å². The molecule has 0 aliphatic heterocycles. The minimum absolute atomic E-state index is 0.00307. The standard InChI is InChI=1S/C18H17ClN2OS3/c19-11(9-23-12-5-2-1-3-6-12)10-24-18-20-16(22)15-13-7-4-8-14(13)25-17(15)21-18/h1-3,5-6,11H,4,7-10H2,(H,20,21,22). The summed E-state index contributed by atoms with van der Waals surface area (Å²) in [6.45, 7) is 0. The largest absolute Gasteiger partial charge is 0.301 e. The van der Waals surface area contributed by atoms with Gasteiger partial charge in [0.1, 0.15) is 4.83 Å². The van der Waals surface area contributed by atoms with Crippen LogP contribution >= 0.6 is 46.5 Å². The predicted molar refractivity (Wildman–Crippen MR) is 110 cm³/mol. The van der Waals surface area contributed by atoms with Crippen LogP contribution in [0.5, 0.6) is 0 Å². The van der Waals surface area contributed by atoms with E-state index in [9.17, 15) is 4.79 Å². The SMILES string of the molecule is O=c1[nH]c(SCC(Cl)CSc2ccccc2)nc2sc3c(c12)CCC3. The number of nitrogens with one attached hydrogen (secondary N) is 1. The van der Waals surface area contributed by atoms with Crippen LogP contribution in [-0.4, -0.2) is 26.9 Å². The monoisotopic (exact) mass is 408 g/mol. The average Bonchev–Trinajstić information content (AvgIpc) is 3.19. The Kier molecular flexibility index (Phi) is 5.41. The molecule has 3 aromatic rings. The summed E-state index contributed by atoms with van der Waals surface area (Å²) in [7, 11) is 0. The Morgan fingerprint density at radius 2 is 2.00 bits per heavy atom. The lowest BCUT2D eigenvalue weighted by molar-refractivity contribution is 0.913. The van der Waals surface area contributed by atoms with Crippen LogP contribution in [0.2, 0.25) is 0 Å². The number of aromatic nitrogens is 2. The first kappa shape index (κ1) is 17.5. The van der Waals surface area contributed by atoms with Gasteiger partial charge in [-0.1, -0.05) is 30.0 Å². The normalized spacial score (nSPS) is 14.8. The Labute approximate surface area is 163 Å². The fourth-order valence-corrected chi connectivity index (χ4v) is 6.44. The Morgan fingerprint density at radius 3 is 2.84 bits per heavy atom. The fourth-order valence-electron chi connectivity index (χ4n) is 2.97. The molecule has 0 bridgehead atoms. The van der Waals surface area contributed by atoms with Crippen molar-refractivity contribution in [3.8, 4) is 0 Å². The van der Waals surface area contributed by atoms with Crippen LogP contribution in [0.4, 0.5) is 0 Å². The first-order valence-corrected chi connectivity index (χ1v) is 11.4. The van der Waals surface area contributed by atoms with E-state index in [1.54, 1.807) is 23.1 Å². The molecule has 0 spiro atoms. The third-order valence-corrected chi connectivity index (χ3v) is 8.20. The summed E-state index contributed by atoms with van der Waals surface area (Å²) in [5.74, 6) is 1.55. The smallest absolute Gasteiger partial charge is 0.260 e. The first-order valence-electron chi connectivity index (χ1n) is 8.20. The molecule has 1 aromatic carbocycles. The zero-order valence-corrected chi connectivity index (χ0v) is 16.7. The third kappa shape index (κ3) is 3.92. The molecule has 2 heterocycles. The number of hydrogen-bond donors (Lipinski definition) is 1. The summed E-state index contributed by atoms with van der Waals surface area (Å²) < 4.78 is 0. The lowest BCUT2D eigenvalue weighted by Crippen LogP contribution is -2.11. The van der Waals surface area contributed by atoms with E-state index in [4.69, 9.17) is 11.6 Å². The molecule has 7 heteroatoms. The topological polar surface area (TPSA) is 45.8 Å². The van der Waals surface area contributed by atoms with Crippen molar-refractivity contribution >= 4 is 56.7 Å². The molecule has 1 aliphatic rings. The lowest BCUT2D eigenvalue weighted by Gasteiger charge is -2.08. The highest BCUT2D eigenvalue weighted by molar-refractivity contribution is 8.00. The maximum atomic E-state index is 12.4. The number of rotatable bonds is 6. The van der Waals surface area contributed by atoms with Gasteiger partial charge in [-0.05, 0) is 37.0 Å². The quantitative estimate of drug-likeness (QED) is 0.355. The van der Waals surface area contributed by atoms with E-state index in [1.807, 2.05) is 18.2 Å². The van der Waals surface area contributed by atoms with Gasteiger partial charge in [-0.2, -0.15) is 0 Å². The number of nitrogens with zero attached hydrogens (tertiary/aromatic N) is 1. The highest BCUT2D eigenvalue weighted by Gasteiger charge is 2.21. The van der Waals surface area contributed by atoms with Gasteiger partial charge >= 0.3 is 0 Å². The molecule has 1 aliphatic carbocycles. The number of fused-ring (bicyclic) bond motifs is 3. The van der Waals surface area contributed by atoms with Crippen molar-refractivity contribution in [1.82, 2.24) is 9.97 Å². The number of thiophene rings is 1. The molecular weight excluding hydrogens is 392 g/mol. The molecule has 0 fully saturated rings. The van der Waals surface area contributed by atoms with Gasteiger partial charge in [-0.3, -0.25) is 4.79 Å². The van der Waals surface area contributed by atoms with Crippen LogP contribution in [0, 0.1) is 0 Å². The van der Waals surface area contributed by atoms with Crippen molar-refractivity contribution in [3.05, 3.63) is 51.1 Å². The van der Waals surface area contributed by atoms with Crippen molar-refractivity contribution < 1.29 is 0 Å². The number of aryl methyl sites for hydroxylation is 2. The van der Waals surface area contributed by atoms with Gasteiger partial charge in [0.25, 0.3) is 5.56 Å². The van der Waals surface area contributed by atoms with Crippen LogP contribution in [0.1, 0.15) is 16.9 Å². The number of thioether (sulfide) groups is 2. The van der Waals surface area contributed by atoms with E-state index in [2.05, 4.69) is 22.1 Å². The molecule has 25 heavy (non-hydrogen) atoms. The molecule has 1 N–H and O–H groups in total. The molecule has 1 unspecified atom stereocenters. The summed E-state index contributed by atoms with van der Waals surface area (Å²) in [6, 6.07) is 10.2. The second-order valence-electron chi connectivity index (χ2n) is 5.94. The number of alkyl halides is 1. The number of H-pyrrole nitrogens is 1. The molecule has 0 saturated carbocycles. The average molecular weight is 409 g/mol. The molecule has 0 amide bonds. The lowest BCUT2D eigenvalue weighted by atomic mass is 10.2. The zero-order chi connectivity index (χ0) is 17.2. The Hall–Kier alpha value is -0.950. The molecule has 3 nitrogen and oxygen atoms in total. The minimum atomic E-state index is -0.00307. The van der Waals surface area contributed by atoms with Crippen molar-refractivity contribution in [2.75, 3.05) is 11.5 Å². The summed E-state index contributed by atoms with van der Waals surface area (Å²) in [4.78, 5) is 23.5. The van der Waals surface area contributed by atoms with Crippen molar-refractivity contribution in [1.29, 1.82) is 0 Å². The van der Waals surface area contributed by atoms with E-state index in [0.29, 0.717) is 5.16 Å². The minimum Gasteiger partial charge on any atom is -0.301 e. The van der Waals surface area contributed by atoms with Crippen LogP contribution in [-0.2, 0) is 12.8 Å². The first-order chi connectivity index (χ1) is 12.2. The predicted octanol–water partition coefficient (Wildman–Crippen LogP) is 4.97. The maximum absolute atomic E-state index is 12.4. The van der Waals surface area contributed by atoms with Crippen LogP contribution in [0.15, 0.2) is 45.2 Å². The third-order valence-electron chi connectivity index (χ3n) is 4.13. The summed E-state index contributed by atoms with van der Waals surface area (Å²) in [6.07, 6.45) is 3.24. The van der Waals surface area contributed by atoms with E-state index >= 15 is 0 Å². The fraction of sp³-hybridized carbons (Fsp3) is 0.333. The van der Waals surface area contributed by atoms with Gasteiger partial charge in [0, 0.05) is 21.3 Å². The van der Waals surface area contributed by atoms with Crippen LogP contribution in [0.3, 0.4) is 0 Å². The highest BCUT2D eigenvalue weighted by Crippen LogP contribution is 2.35. The second-order valence-corrected chi connectivity index (χ2v) is 9.74. The maximum Gasteiger partial charge on any atom is 0.260 e. The molecule has 130 valence electrons. The number of aromatic amines is 1. The van der Waals surface area contributed by atoms with Crippen molar-refractivity contribution in [3.63, 3.8) is 0 Å². The summed E-state index contributed by atoms with van der Waals surface area (Å²) in [5.41, 5.74) is 1.22. The van der Waals surface area contributed by atoms with E-state index in [0.717, 1.165) is 41.0 Å². The molecule has 4 rings (SSSR count). The summed E-state index contributed by atoms with van der Waals surface area (Å²) >= 11 is 11.4. The van der Waals surface area contributed by atoms with Gasteiger partial charge in [0.2, 0.25) is 0 Å². The van der Waals surface area contributed by atoms with Gasteiger partial charge in [0.15, 0.2) is 5.16 Å². The highest BCUT2D eigenvalue weighted by atomic mass is 35.5. The summed E-state index contributed by atoms with van der Waals surface area (Å²) in [5, 5.41) is 1.50. The Balaban J connectivity index is 1.40. The molecule has 0 radical (unpaired) electrons. The Bertz CT molecular complexity index is 939. The van der Waals surface area contributed by atoms with Crippen LogP contribution < -0.4 is 5.56 Å². The number of hydrogen-bond acceptors (Lipinski definition) is 5. The van der Waals surface area contributed by atoms with Gasteiger partial charge in [-0.15, -0.1) is 34.7 Å². The van der Waals surface area contributed by atoms with E-state index in [1.165, 1.54) is 27.1 Å². The second kappa shape index (κ2) is 7.74. The number of halogens is 1. The van der Waals surface area contributed by atoms with Gasteiger partial charge in [0.05, 0.1) is 10.8 Å². The van der Waals surface area contributed by atoms with E-state index < -0.39 is 0 Å². The van der Waals surface area contributed by atoms with Crippen molar-refractivity contribution in [2.45, 2.75) is 34.7 Å². The van der Waals surface area contributed by atoms with Gasteiger partial charge in [-0.25, -0.2) is 4.98 Å². The molecule has 2 aromatic heterocycles. The van der Waals surface area contributed by atoms with Crippen molar-refractivity contribution in [2.24, 2.45) is 0 Å². The molecular formula is C18H17ClN2OS3. The Morgan fingerprint density at radius 1 is 1.20 bits per heavy atom. The van der Waals surface area contributed by atoms with E-state index in [-0.39, 0.29) is 10.9 Å².